The maximum absolute atomic E-state index is 5.71. The first kappa shape index (κ1) is 14.4. The third-order valence-electron chi connectivity index (χ3n) is 2.23. The summed E-state index contributed by atoms with van der Waals surface area (Å²) in [4.78, 5) is 1.18. The van der Waals surface area contributed by atoms with Crippen LogP contribution in [-0.4, -0.2) is 39.2 Å². The van der Waals surface area contributed by atoms with Crippen LogP contribution in [0.3, 0.4) is 0 Å². The van der Waals surface area contributed by atoms with Crippen LogP contribution in [-0.2, 0) is 4.74 Å². The van der Waals surface area contributed by atoms with E-state index < -0.39 is 0 Å². The lowest BCUT2D eigenvalue weighted by Crippen LogP contribution is -2.25. The molecule has 0 radical (unpaired) electrons. The smallest absolute Gasteiger partial charge is 0.132 e. The van der Waals surface area contributed by atoms with E-state index >= 15 is 0 Å². The van der Waals surface area contributed by atoms with Gasteiger partial charge < -0.3 is 14.8 Å². The van der Waals surface area contributed by atoms with Crippen molar-refractivity contribution in [2.24, 2.45) is 0 Å². The van der Waals surface area contributed by atoms with Gasteiger partial charge in [-0.05, 0) is 25.3 Å². The minimum atomic E-state index is 0.684. The summed E-state index contributed by atoms with van der Waals surface area (Å²) in [6.45, 7) is 5.94. The Morgan fingerprint density at radius 3 is 2.71 bits per heavy atom. The molecule has 0 heterocycles. The van der Waals surface area contributed by atoms with Gasteiger partial charge in [0.1, 0.15) is 12.4 Å². The molecular weight excluding hydrogens is 234 g/mol. The first-order valence-corrected chi connectivity index (χ1v) is 7.15. The third-order valence-corrected chi connectivity index (χ3v) is 3.01. The topological polar surface area (TPSA) is 30.5 Å². The maximum atomic E-state index is 5.71. The molecule has 0 atom stereocenters. The molecule has 1 aromatic carbocycles. The summed E-state index contributed by atoms with van der Waals surface area (Å²) >= 11 is 1.70. The van der Waals surface area contributed by atoms with E-state index in [9.17, 15) is 0 Å². The summed E-state index contributed by atoms with van der Waals surface area (Å²) in [5, 5.41) is 3.27. The van der Waals surface area contributed by atoms with E-state index in [1.165, 1.54) is 4.90 Å². The average Bonchev–Trinajstić information content (AvgIpc) is 2.38. The van der Waals surface area contributed by atoms with Gasteiger partial charge >= 0.3 is 0 Å². The molecule has 0 unspecified atom stereocenters. The summed E-state index contributed by atoms with van der Waals surface area (Å²) in [5.41, 5.74) is 0. The highest BCUT2D eigenvalue weighted by Gasteiger charge is 2.00. The van der Waals surface area contributed by atoms with Crippen molar-refractivity contribution in [2.75, 3.05) is 39.2 Å². The van der Waals surface area contributed by atoms with E-state index in [1.54, 1.807) is 11.8 Å². The van der Waals surface area contributed by atoms with Crippen molar-refractivity contribution in [1.82, 2.24) is 5.32 Å². The molecule has 0 aromatic heterocycles. The lowest BCUT2D eigenvalue weighted by Gasteiger charge is -2.10. The molecule has 0 amide bonds. The fraction of sp³-hybridized carbons (Fsp3) is 0.538. The first-order chi connectivity index (χ1) is 8.38. The van der Waals surface area contributed by atoms with Gasteiger partial charge in [-0.2, -0.15) is 0 Å². The number of para-hydroxylation sites is 1. The number of hydrogen-bond donors (Lipinski definition) is 1. The standard InChI is InChI=1S/C13H21NO2S/c1-3-15-10-8-14-9-11-16-12-6-4-5-7-13(12)17-2/h4-7,14H,3,8-11H2,1-2H3. The van der Waals surface area contributed by atoms with Crippen LogP contribution < -0.4 is 10.1 Å². The number of benzene rings is 1. The zero-order valence-electron chi connectivity index (χ0n) is 10.6. The SMILES string of the molecule is CCOCCNCCOc1ccccc1SC. The number of rotatable bonds is 9. The molecule has 0 saturated heterocycles. The molecule has 0 bridgehead atoms. The van der Waals surface area contributed by atoms with Crippen LogP contribution >= 0.6 is 11.8 Å². The van der Waals surface area contributed by atoms with Gasteiger partial charge in [-0.3, -0.25) is 0 Å². The van der Waals surface area contributed by atoms with E-state index in [0.29, 0.717) is 6.61 Å². The molecule has 1 rings (SSSR count). The van der Waals surface area contributed by atoms with E-state index in [4.69, 9.17) is 9.47 Å². The van der Waals surface area contributed by atoms with Crippen molar-refractivity contribution in [3.8, 4) is 5.75 Å². The largest absolute Gasteiger partial charge is 0.491 e. The molecule has 17 heavy (non-hydrogen) atoms. The van der Waals surface area contributed by atoms with Gasteiger partial charge in [-0.15, -0.1) is 11.8 Å². The van der Waals surface area contributed by atoms with Gasteiger partial charge in [0.05, 0.1) is 6.61 Å². The molecule has 0 aliphatic heterocycles. The molecule has 1 N–H and O–H groups in total. The monoisotopic (exact) mass is 255 g/mol. The molecule has 0 aliphatic carbocycles. The number of ether oxygens (including phenoxy) is 2. The molecule has 3 nitrogen and oxygen atoms in total. The molecule has 0 fully saturated rings. The van der Waals surface area contributed by atoms with E-state index in [1.807, 2.05) is 25.1 Å². The van der Waals surface area contributed by atoms with Crippen LogP contribution in [0.25, 0.3) is 0 Å². The Balaban J connectivity index is 2.13. The van der Waals surface area contributed by atoms with Gasteiger partial charge in [0.15, 0.2) is 0 Å². The Hall–Kier alpha value is -0.710. The summed E-state index contributed by atoms with van der Waals surface area (Å²) < 4.78 is 10.9. The van der Waals surface area contributed by atoms with E-state index in [-0.39, 0.29) is 0 Å². The Bertz CT molecular complexity index is 307. The van der Waals surface area contributed by atoms with Crippen molar-refractivity contribution in [1.29, 1.82) is 0 Å². The fourth-order valence-corrected chi connectivity index (χ4v) is 1.93. The lowest BCUT2D eigenvalue weighted by molar-refractivity contribution is 0.148. The summed E-state index contributed by atoms with van der Waals surface area (Å²) in [6.07, 6.45) is 2.06. The van der Waals surface area contributed by atoms with Crippen LogP contribution in [0.5, 0.6) is 5.75 Å². The van der Waals surface area contributed by atoms with Gasteiger partial charge in [0.2, 0.25) is 0 Å². The van der Waals surface area contributed by atoms with Crippen molar-refractivity contribution < 1.29 is 9.47 Å². The third kappa shape index (κ3) is 5.96. The highest BCUT2D eigenvalue weighted by molar-refractivity contribution is 7.98. The Labute approximate surface area is 108 Å². The van der Waals surface area contributed by atoms with Crippen molar-refractivity contribution >= 4 is 11.8 Å². The first-order valence-electron chi connectivity index (χ1n) is 5.92. The van der Waals surface area contributed by atoms with Gasteiger partial charge in [0.25, 0.3) is 0 Å². The maximum Gasteiger partial charge on any atom is 0.132 e. The predicted molar refractivity (Wildman–Crippen MR) is 73.1 cm³/mol. The second-order valence-corrected chi connectivity index (χ2v) is 4.29. The van der Waals surface area contributed by atoms with Crippen molar-refractivity contribution in [3.05, 3.63) is 24.3 Å². The summed E-state index contributed by atoms with van der Waals surface area (Å²) in [5.74, 6) is 0.964. The van der Waals surface area contributed by atoms with Gasteiger partial charge in [-0.1, -0.05) is 12.1 Å². The Kier molecular flexibility index (Phi) is 7.88. The minimum Gasteiger partial charge on any atom is -0.491 e. The van der Waals surface area contributed by atoms with Crippen molar-refractivity contribution in [3.63, 3.8) is 0 Å². The van der Waals surface area contributed by atoms with Crippen LogP contribution in [0, 0.1) is 0 Å². The molecule has 0 spiro atoms. The molecule has 96 valence electrons. The van der Waals surface area contributed by atoms with Crippen molar-refractivity contribution in [2.45, 2.75) is 11.8 Å². The second kappa shape index (κ2) is 9.33. The van der Waals surface area contributed by atoms with Gasteiger partial charge in [-0.25, -0.2) is 0 Å². The van der Waals surface area contributed by atoms with E-state index in [0.717, 1.165) is 32.1 Å². The van der Waals surface area contributed by atoms with Crippen LogP contribution in [0.15, 0.2) is 29.2 Å². The molecule has 0 aliphatic rings. The summed E-state index contributed by atoms with van der Waals surface area (Å²) in [6, 6.07) is 8.10. The fourth-order valence-electron chi connectivity index (χ4n) is 1.38. The van der Waals surface area contributed by atoms with Crippen LogP contribution in [0.4, 0.5) is 0 Å². The summed E-state index contributed by atoms with van der Waals surface area (Å²) in [7, 11) is 0. The molecule has 4 heteroatoms. The minimum absolute atomic E-state index is 0.684. The molecular formula is C13H21NO2S. The zero-order chi connectivity index (χ0) is 12.3. The Morgan fingerprint density at radius 2 is 1.94 bits per heavy atom. The van der Waals surface area contributed by atoms with Crippen LogP contribution in [0.1, 0.15) is 6.92 Å². The number of hydrogen-bond acceptors (Lipinski definition) is 4. The predicted octanol–water partition coefficient (Wildman–Crippen LogP) is 2.41. The highest BCUT2D eigenvalue weighted by Crippen LogP contribution is 2.26. The Morgan fingerprint density at radius 1 is 1.18 bits per heavy atom. The van der Waals surface area contributed by atoms with Gasteiger partial charge in [0, 0.05) is 24.6 Å². The van der Waals surface area contributed by atoms with E-state index in [2.05, 4.69) is 17.6 Å². The second-order valence-electron chi connectivity index (χ2n) is 3.45. The molecule has 0 saturated carbocycles. The highest BCUT2D eigenvalue weighted by atomic mass is 32.2. The van der Waals surface area contributed by atoms with Crippen LogP contribution in [0.2, 0.25) is 0 Å². The quantitative estimate of drug-likeness (QED) is 0.542. The normalized spacial score (nSPS) is 10.5. The molecule has 1 aromatic rings. The number of nitrogens with one attached hydrogen (secondary N) is 1. The lowest BCUT2D eigenvalue weighted by atomic mass is 10.3. The average molecular weight is 255 g/mol. The number of thioether (sulfide) groups is 1. The zero-order valence-corrected chi connectivity index (χ0v) is 11.4.